The van der Waals surface area contributed by atoms with E-state index in [0.717, 1.165) is 27.8 Å². The van der Waals surface area contributed by atoms with Gasteiger partial charge in [0, 0.05) is 18.9 Å². The molecule has 128 valence electrons. The minimum absolute atomic E-state index is 0.00125. The van der Waals surface area contributed by atoms with Gasteiger partial charge in [0.2, 0.25) is 5.91 Å². The number of nitrogens with zero attached hydrogens (tertiary/aromatic N) is 1. The molecule has 1 heterocycles. The third-order valence-corrected chi connectivity index (χ3v) is 5.08. The van der Waals surface area contributed by atoms with Crippen molar-refractivity contribution in [2.75, 3.05) is 0 Å². The van der Waals surface area contributed by atoms with E-state index in [1.807, 2.05) is 42.5 Å². The summed E-state index contributed by atoms with van der Waals surface area (Å²) < 4.78 is 0. The zero-order chi connectivity index (χ0) is 18.0. The Kier molecular flexibility index (Phi) is 4.13. The fraction of sp³-hybridized carbons (Fsp3) is 0.130. The van der Waals surface area contributed by atoms with Gasteiger partial charge in [-0.15, -0.1) is 6.58 Å². The van der Waals surface area contributed by atoms with Crippen LogP contribution in [0.15, 0.2) is 85.7 Å². The average Bonchev–Trinajstić information content (AvgIpc) is 2.99. The summed E-state index contributed by atoms with van der Waals surface area (Å²) in [6, 6.07) is 20.2. The molecule has 4 rings (SSSR count). The number of nitrogens with one attached hydrogen (secondary N) is 1. The van der Waals surface area contributed by atoms with Crippen molar-refractivity contribution in [3.8, 4) is 11.1 Å². The van der Waals surface area contributed by atoms with Crippen LogP contribution in [0.3, 0.4) is 0 Å². The van der Waals surface area contributed by atoms with Gasteiger partial charge >= 0.3 is 0 Å². The van der Waals surface area contributed by atoms with Crippen LogP contribution < -0.4 is 5.32 Å². The van der Waals surface area contributed by atoms with E-state index >= 15 is 0 Å². The van der Waals surface area contributed by atoms with Gasteiger partial charge in [0.15, 0.2) is 0 Å². The smallest absolute Gasteiger partial charge is 0.235 e. The number of rotatable bonds is 5. The fourth-order valence-corrected chi connectivity index (χ4v) is 3.94. The monoisotopic (exact) mass is 340 g/mol. The summed E-state index contributed by atoms with van der Waals surface area (Å²) in [5, 5.41) is 3.12. The van der Waals surface area contributed by atoms with Gasteiger partial charge < -0.3 is 5.32 Å². The minimum atomic E-state index is -0.739. The lowest BCUT2D eigenvalue weighted by Gasteiger charge is -2.29. The standard InChI is InChI=1S/C23H20N2O/c1-2-13-23(22(26)25-16-17-8-7-14-24-15-17)20-11-5-3-9-18(20)19-10-4-6-12-21(19)23/h2-12,14-15H,1,13,16H2,(H,25,26). The first-order valence-electron chi connectivity index (χ1n) is 8.75. The maximum atomic E-state index is 13.5. The Morgan fingerprint density at radius 3 is 2.23 bits per heavy atom. The molecular formula is C23H20N2O. The second kappa shape index (κ2) is 6.60. The van der Waals surface area contributed by atoms with Crippen molar-refractivity contribution >= 4 is 5.91 Å². The summed E-state index contributed by atoms with van der Waals surface area (Å²) in [7, 11) is 0. The summed E-state index contributed by atoms with van der Waals surface area (Å²) in [5.74, 6) is -0.00125. The highest BCUT2D eigenvalue weighted by atomic mass is 16.2. The average molecular weight is 340 g/mol. The molecule has 0 fully saturated rings. The fourth-order valence-electron chi connectivity index (χ4n) is 3.94. The molecule has 0 radical (unpaired) electrons. The molecule has 0 aliphatic heterocycles. The van der Waals surface area contributed by atoms with Gasteiger partial charge in [-0.2, -0.15) is 0 Å². The topological polar surface area (TPSA) is 42.0 Å². The molecule has 1 aliphatic carbocycles. The first-order valence-corrected chi connectivity index (χ1v) is 8.75. The number of fused-ring (bicyclic) bond motifs is 3. The summed E-state index contributed by atoms with van der Waals surface area (Å²) in [6.45, 7) is 4.38. The number of pyridine rings is 1. The number of benzene rings is 2. The van der Waals surface area contributed by atoms with E-state index in [1.165, 1.54) is 0 Å². The first-order chi connectivity index (χ1) is 12.8. The molecule has 26 heavy (non-hydrogen) atoms. The Bertz CT molecular complexity index is 917. The van der Waals surface area contributed by atoms with E-state index in [4.69, 9.17) is 0 Å². The normalized spacial score (nSPS) is 13.5. The highest BCUT2D eigenvalue weighted by Gasteiger charge is 2.47. The third kappa shape index (κ3) is 2.44. The summed E-state index contributed by atoms with van der Waals surface area (Å²) in [6.07, 6.45) is 5.90. The number of hydrogen-bond donors (Lipinski definition) is 1. The molecule has 1 amide bonds. The van der Waals surface area contributed by atoms with Gasteiger partial charge in [-0.25, -0.2) is 0 Å². The largest absolute Gasteiger partial charge is 0.351 e. The van der Waals surface area contributed by atoms with Crippen molar-refractivity contribution < 1.29 is 4.79 Å². The van der Waals surface area contributed by atoms with Crippen molar-refractivity contribution in [1.82, 2.24) is 10.3 Å². The number of carbonyl (C=O) groups is 1. The SMILES string of the molecule is C=CCC1(C(=O)NCc2cccnc2)c2ccccc2-c2ccccc21. The molecule has 2 aromatic carbocycles. The quantitative estimate of drug-likeness (QED) is 0.706. The van der Waals surface area contributed by atoms with Crippen molar-refractivity contribution in [2.45, 2.75) is 18.4 Å². The van der Waals surface area contributed by atoms with E-state index in [-0.39, 0.29) is 5.91 Å². The molecule has 0 unspecified atom stereocenters. The predicted octanol–water partition coefficient (Wildman–Crippen LogP) is 4.24. The Labute approximate surface area is 153 Å². The summed E-state index contributed by atoms with van der Waals surface area (Å²) in [4.78, 5) is 17.6. The number of allylic oxidation sites excluding steroid dienone is 1. The van der Waals surface area contributed by atoms with Crippen molar-refractivity contribution in [3.63, 3.8) is 0 Å². The van der Waals surface area contributed by atoms with Gasteiger partial charge in [-0.05, 0) is 40.3 Å². The van der Waals surface area contributed by atoms with Crippen molar-refractivity contribution in [3.05, 3.63) is 102 Å². The molecule has 3 heteroatoms. The second-order valence-corrected chi connectivity index (χ2v) is 6.53. The zero-order valence-electron chi connectivity index (χ0n) is 14.5. The molecular weight excluding hydrogens is 320 g/mol. The maximum Gasteiger partial charge on any atom is 0.235 e. The van der Waals surface area contributed by atoms with Crippen LogP contribution in [0.1, 0.15) is 23.1 Å². The lowest BCUT2D eigenvalue weighted by Crippen LogP contribution is -2.43. The van der Waals surface area contributed by atoms with Crippen molar-refractivity contribution in [1.29, 1.82) is 0 Å². The molecule has 0 saturated carbocycles. The van der Waals surface area contributed by atoms with Crippen LogP contribution in [0.25, 0.3) is 11.1 Å². The predicted molar refractivity (Wildman–Crippen MR) is 104 cm³/mol. The van der Waals surface area contributed by atoms with Crippen LogP contribution in [0, 0.1) is 0 Å². The first kappa shape index (κ1) is 16.3. The molecule has 3 nitrogen and oxygen atoms in total. The van der Waals surface area contributed by atoms with Crippen LogP contribution >= 0.6 is 0 Å². The van der Waals surface area contributed by atoms with E-state index < -0.39 is 5.41 Å². The van der Waals surface area contributed by atoms with Crippen molar-refractivity contribution in [2.24, 2.45) is 0 Å². The van der Waals surface area contributed by atoms with E-state index in [9.17, 15) is 4.79 Å². The van der Waals surface area contributed by atoms with E-state index in [0.29, 0.717) is 13.0 Å². The van der Waals surface area contributed by atoms with E-state index in [1.54, 1.807) is 12.4 Å². The molecule has 1 aromatic heterocycles. The highest BCUT2D eigenvalue weighted by Crippen LogP contribution is 2.51. The third-order valence-electron chi connectivity index (χ3n) is 5.08. The molecule has 0 atom stereocenters. The van der Waals surface area contributed by atoms with Gasteiger partial charge in [0.1, 0.15) is 5.41 Å². The molecule has 1 aliphatic rings. The van der Waals surface area contributed by atoms with Gasteiger partial charge in [0.05, 0.1) is 0 Å². The van der Waals surface area contributed by atoms with Crippen LogP contribution in [-0.4, -0.2) is 10.9 Å². The second-order valence-electron chi connectivity index (χ2n) is 6.53. The zero-order valence-corrected chi connectivity index (χ0v) is 14.5. The molecule has 0 spiro atoms. The number of aromatic nitrogens is 1. The maximum absolute atomic E-state index is 13.5. The van der Waals surface area contributed by atoms with Gasteiger partial charge in [0.25, 0.3) is 0 Å². The molecule has 0 bridgehead atoms. The Hall–Kier alpha value is -3.20. The van der Waals surface area contributed by atoms with Crippen LogP contribution in [0.2, 0.25) is 0 Å². The van der Waals surface area contributed by atoms with E-state index in [2.05, 4.69) is 41.1 Å². The molecule has 1 N–H and O–H groups in total. The van der Waals surface area contributed by atoms with Crippen LogP contribution in [0.5, 0.6) is 0 Å². The lowest BCUT2D eigenvalue weighted by atomic mass is 9.74. The Balaban J connectivity index is 1.79. The number of carbonyl (C=O) groups excluding carboxylic acids is 1. The highest BCUT2D eigenvalue weighted by molar-refractivity contribution is 6.00. The van der Waals surface area contributed by atoms with Crippen LogP contribution in [0.4, 0.5) is 0 Å². The summed E-state index contributed by atoms with van der Waals surface area (Å²) in [5.41, 5.74) is 4.59. The molecule has 0 saturated heterocycles. The van der Waals surface area contributed by atoms with Crippen LogP contribution in [-0.2, 0) is 16.8 Å². The lowest BCUT2D eigenvalue weighted by molar-refractivity contribution is -0.125. The summed E-state index contributed by atoms with van der Waals surface area (Å²) >= 11 is 0. The van der Waals surface area contributed by atoms with Gasteiger partial charge in [-0.1, -0.05) is 60.7 Å². The minimum Gasteiger partial charge on any atom is -0.351 e. The van der Waals surface area contributed by atoms with Gasteiger partial charge in [-0.3, -0.25) is 9.78 Å². The number of hydrogen-bond acceptors (Lipinski definition) is 2. The Morgan fingerprint density at radius 1 is 1.00 bits per heavy atom. The number of amides is 1. The Morgan fingerprint density at radius 2 is 1.65 bits per heavy atom. The molecule has 3 aromatic rings.